The Morgan fingerprint density at radius 1 is 1.31 bits per heavy atom. The van der Waals surface area contributed by atoms with Crippen molar-refractivity contribution in [2.24, 2.45) is 0 Å². The van der Waals surface area contributed by atoms with Crippen LogP contribution < -0.4 is 0 Å². The van der Waals surface area contributed by atoms with E-state index in [0.29, 0.717) is 0 Å². The number of carbonyl (C=O) groups excluding carboxylic acids is 1. The monoisotopic (exact) mass is 212 g/mol. The Kier molecular flexibility index (Phi) is 4.22. The van der Waals surface area contributed by atoms with Crippen LogP contribution in [0.1, 0.15) is 6.42 Å². The molecule has 1 unspecified atom stereocenters. The Bertz CT molecular complexity index is 254. The topological polar surface area (TPSA) is 132 Å². The number of ketones is 1. The number of carbonyl (C=O) groups is 2. The van der Waals surface area contributed by atoms with E-state index >= 15 is 0 Å². The molecule has 76 valence electrons. The minimum Gasteiger partial charge on any atom is -0.475 e. The molecule has 0 radical (unpaired) electrons. The first-order valence-electron chi connectivity index (χ1n) is 3.24. The maximum absolute atomic E-state index is 10.7. The Labute approximate surface area is 73.2 Å². The van der Waals surface area contributed by atoms with Gasteiger partial charge in [-0.05, 0) is 6.42 Å². The molecule has 0 saturated heterocycles. The summed E-state index contributed by atoms with van der Waals surface area (Å²) in [5.41, 5.74) is -1.95. The standard InChI is InChI=1S/C5H9O7P/c6-2-1-3(13(10,11)12)4(7)5(8)9/h3,6H,1-2H2,(H,8,9)(H2,10,11,12). The van der Waals surface area contributed by atoms with E-state index in [1.807, 2.05) is 0 Å². The van der Waals surface area contributed by atoms with Crippen molar-refractivity contribution in [2.45, 2.75) is 12.1 Å². The number of hydrogen-bond acceptors (Lipinski definition) is 4. The summed E-state index contributed by atoms with van der Waals surface area (Å²) in [6.07, 6.45) is -0.560. The summed E-state index contributed by atoms with van der Waals surface area (Å²) >= 11 is 0. The predicted molar refractivity (Wildman–Crippen MR) is 40.2 cm³/mol. The van der Waals surface area contributed by atoms with Crippen LogP contribution >= 0.6 is 7.60 Å². The van der Waals surface area contributed by atoms with Gasteiger partial charge in [-0.3, -0.25) is 9.36 Å². The summed E-state index contributed by atoms with van der Waals surface area (Å²) < 4.78 is 10.6. The van der Waals surface area contributed by atoms with E-state index in [9.17, 15) is 14.2 Å². The van der Waals surface area contributed by atoms with Crippen LogP contribution in [0.15, 0.2) is 0 Å². The van der Waals surface area contributed by atoms with Crippen LogP contribution in [0.2, 0.25) is 0 Å². The van der Waals surface area contributed by atoms with Crippen molar-refractivity contribution in [3.63, 3.8) is 0 Å². The van der Waals surface area contributed by atoms with Gasteiger partial charge in [-0.2, -0.15) is 0 Å². The van der Waals surface area contributed by atoms with Gasteiger partial charge in [0.1, 0.15) is 5.66 Å². The molecule has 13 heavy (non-hydrogen) atoms. The second kappa shape index (κ2) is 4.48. The van der Waals surface area contributed by atoms with Crippen molar-refractivity contribution < 1.29 is 34.2 Å². The van der Waals surface area contributed by atoms with Crippen LogP contribution in [0.25, 0.3) is 0 Å². The van der Waals surface area contributed by atoms with Gasteiger partial charge >= 0.3 is 13.6 Å². The van der Waals surface area contributed by atoms with E-state index in [1.54, 1.807) is 0 Å². The van der Waals surface area contributed by atoms with Gasteiger partial charge in [-0.15, -0.1) is 0 Å². The third-order valence-electron chi connectivity index (χ3n) is 1.32. The number of Topliss-reactive ketones (excluding diaryl/α,β-unsaturated/α-hetero) is 1. The summed E-state index contributed by atoms with van der Waals surface area (Å²) in [5, 5.41) is 16.5. The lowest BCUT2D eigenvalue weighted by atomic mass is 10.2. The zero-order valence-corrected chi connectivity index (χ0v) is 7.35. The van der Waals surface area contributed by atoms with Crippen molar-refractivity contribution >= 4 is 19.3 Å². The number of carboxylic acids is 1. The van der Waals surface area contributed by atoms with Gasteiger partial charge < -0.3 is 20.0 Å². The minimum atomic E-state index is -4.79. The van der Waals surface area contributed by atoms with Crippen molar-refractivity contribution in [3.8, 4) is 0 Å². The fraction of sp³-hybridized carbons (Fsp3) is 0.600. The summed E-state index contributed by atoms with van der Waals surface area (Å²) in [5.74, 6) is -3.50. The Morgan fingerprint density at radius 3 is 2.00 bits per heavy atom. The quantitative estimate of drug-likeness (QED) is 0.324. The molecular weight excluding hydrogens is 203 g/mol. The number of carboxylic acid groups (broad SMARTS) is 1. The van der Waals surface area contributed by atoms with Crippen LogP contribution in [0.5, 0.6) is 0 Å². The largest absolute Gasteiger partial charge is 0.475 e. The predicted octanol–water partition coefficient (Wildman–Crippen LogP) is -1.43. The van der Waals surface area contributed by atoms with Gasteiger partial charge in [0.15, 0.2) is 0 Å². The highest BCUT2D eigenvalue weighted by atomic mass is 31.2. The zero-order valence-electron chi connectivity index (χ0n) is 6.45. The average molecular weight is 212 g/mol. The molecule has 0 saturated carbocycles. The fourth-order valence-corrected chi connectivity index (χ4v) is 1.58. The molecule has 0 aliphatic heterocycles. The first-order valence-corrected chi connectivity index (χ1v) is 4.92. The first kappa shape index (κ1) is 12.2. The third-order valence-corrected chi connectivity index (χ3v) is 2.63. The molecule has 0 aromatic carbocycles. The fourth-order valence-electron chi connectivity index (χ4n) is 0.717. The zero-order chi connectivity index (χ0) is 10.6. The van der Waals surface area contributed by atoms with Crippen LogP contribution in [0.3, 0.4) is 0 Å². The molecular formula is C5H9O7P. The van der Waals surface area contributed by atoms with Crippen molar-refractivity contribution in [1.29, 1.82) is 0 Å². The van der Waals surface area contributed by atoms with E-state index in [1.165, 1.54) is 0 Å². The molecule has 0 aliphatic rings. The molecule has 0 rings (SSSR count). The normalized spacial score (nSPS) is 13.8. The first-order chi connectivity index (χ1) is 5.80. The Hall–Kier alpha value is -0.750. The summed E-state index contributed by atoms with van der Waals surface area (Å²) in [6, 6.07) is 0. The number of aliphatic carboxylic acids is 1. The minimum absolute atomic E-state index is 0.560. The maximum atomic E-state index is 10.7. The summed E-state index contributed by atoms with van der Waals surface area (Å²) in [6.45, 7) is -0.658. The average Bonchev–Trinajstić information content (AvgIpc) is 1.96. The molecule has 0 heterocycles. The molecule has 0 aromatic rings. The molecule has 0 aromatic heterocycles. The molecule has 8 heteroatoms. The summed E-state index contributed by atoms with van der Waals surface area (Å²) in [7, 11) is -4.79. The molecule has 4 N–H and O–H groups in total. The Balaban J connectivity index is 4.72. The molecule has 1 atom stereocenters. The summed E-state index contributed by atoms with van der Waals surface area (Å²) in [4.78, 5) is 37.9. The van der Waals surface area contributed by atoms with Crippen LogP contribution in [-0.4, -0.2) is 44.0 Å². The second-order valence-electron chi connectivity index (χ2n) is 2.29. The molecule has 0 spiro atoms. The van der Waals surface area contributed by atoms with E-state index in [0.717, 1.165) is 0 Å². The molecule has 0 aliphatic carbocycles. The van der Waals surface area contributed by atoms with Gasteiger partial charge in [0.25, 0.3) is 5.78 Å². The van der Waals surface area contributed by atoms with Crippen LogP contribution in [0, 0.1) is 0 Å². The van der Waals surface area contributed by atoms with Crippen LogP contribution in [0.4, 0.5) is 0 Å². The lowest BCUT2D eigenvalue weighted by molar-refractivity contribution is -0.149. The van der Waals surface area contributed by atoms with E-state index in [2.05, 4.69) is 0 Å². The molecule has 0 amide bonds. The van der Waals surface area contributed by atoms with E-state index < -0.39 is 38.0 Å². The van der Waals surface area contributed by atoms with Crippen molar-refractivity contribution in [1.82, 2.24) is 0 Å². The highest BCUT2D eigenvalue weighted by Gasteiger charge is 2.38. The van der Waals surface area contributed by atoms with Gasteiger partial charge in [-0.1, -0.05) is 0 Å². The van der Waals surface area contributed by atoms with E-state index in [-0.39, 0.29) is 0 Å². The number of rotatable bonds is 5. The highest BCUT2D eigenvalue weighted by molar-refractivity contribution is 7.54. The maximum Gasteiger partial charge on any atom is 0.373 e. The number of aliphatic hydroxyl groups is 1. The molecule has 0 bridgehead atoms. The lowest BCUT2D eigenvalue weighted by Gasteiger charge is -2.13. The molecule has 7 nitrogen and oxygen atoms in total. The Morgan fingerprint density at radius 2 is 1.77 bits per heavy atom. The molecule has 0 fully saturated rings. The van der Waals surface area contributed by atoms with Gasteiger partial charge in [-0.25, -0.2) is 4.79 Å². The van der Waals surface area contributed by atoms with Crippen molar-refractivity contribution in [2.75, 3.05) is 6.61 Å². The number of aliphatic hydroxyl groups excluding tert-OH is 1. The van der Waals surface area contributed by atoms with E-state index in [4.69, 9.17) is 20.0 Å². The van der Waals surface area contributed by atoms with Gasteiger partial charge in [0, 0.05) is 6.61 Å². The lowest BCUT2D eigenvalue weighted by Crippen LogP contribution is -2.29. The second-order valence-corrected chi connectivity index (χ2v) is 4.09. The van der Waals surface area contributed by atoms with Gasteiger partial charge in [0.2, 0.25) is 0 Å². The number of hydrogen-bond donors (Lipinski definition) is 4. The van der Waals surface area contributed by atoms with Crippen molar-refractivity contribution in [3.05, 3.63) is 0 Å². The SMILES string of the molecule is O=C(O)C(=O)C(CCO)P(=O)(O)O. The highest BCUT2D eigenvalue weighted by Crippen LogP contribution is 2.43. The smallest absolute Gasteiger partial charge is 0.373 e. The third kappa shape index (κ3) is 3.65. The van der Waals surface area contributed by atoms with Crippen LogP contribution in [-0.2, 0) is 14.2 Å². The van der Waals surface area contributed by atoms with Gasteiger partial charge in [0.05, 0.1) is 0 Å².